The largest absolute Gasteiger partial charge is 0.294 e. The van der Waals surface area contributed by atoms with E-state index in [1.54, 1.807) is 0 Å². The van der Waals surface area contributed by atoms with Crippen molar-refractivity contribution in [2.24, 2.45) is 5.92 Å². The van der Waals surface area contributed by atoms with Crippen LogP contribution in [0.5, 0.6) is 0 Å². The van der Waals surface area contributed by atoms with E-state index in [4.69, 9.17) is 0 Å². The summed E-state index contributed by atoms with van der Waals surface area (Å²) in [4.78, 5) is 12.0. The molecule has 0 amide bonds. The predicted octanol–water partition coefficient (Wildman–Crippen LogP) is 4.51. The number of carbonyl (C=O) groups is 1. The van der Waals surface area contributed by atoms with E-state index in [-0.39, 0.29) is 11.3 Å². The fraction of sp³-hybridized carbons (Fsp3) is 0.533. The first-order valence-corrected chi connectivity index (χ1v) is 6.65. The Hall–Kier alpha value is -1.25. The van der Waals surface area contributed by atoms with Crippen LogP contribution in [0.1, 0.15) is 55.3 Å². The van der Waals surface area contributed by atoms with Gasteiger partial charge >= 0.3 is 0 Å². The van der Waals surface area contributed by atoms with Crippen molar-refractivity contribution in [1.29, 1.82) is 0 Å². The van der Waals surface area contributed by atoms with Gasteiger partial charge in [0.1, 0.15) is 0 Å². The smallest absolute Gasteiger partial charge is 0.169 e. The van der Waals surface area contributed by atoms with Crippen molar-refractivity contribution in [2.75, 3.05) is 0 Å². The molecule has 0 radical (unpaired) electrons. The molecule has 2 rings (SSSR count). The van der Waals surface area contributed by atoms with Crippen LogP contribution in [0.4, 0.5) is 8.78 Å². The van der Waals surface area contributed by atoms with Gasteiger partial charge in [-0.2, -0.15) is 0 Å². The number of benzene rings is 1. The minimum absolute atomic E-state index is 0.0979. The van der Waals surface area contributed by atoms with E-state index in [0.717, 1.165) is 31.7 Å². The molecule has 1 saturated carbocycles. The molecule has 0 bridgehead atoms. The fourth-order valence-corrected chi connectivity index (χ4v) is 2.66. The molecule has 0 atom stereocenters. The molecule has 0 unspecified atom stereocenters. The molecular formula is C15H18F2O. The lowest BCUT2D eigenvalue weighted by Crippen LogP contribution is -2.10. The molecule has 0 spiro atoms. The number of hydrogen-bond donors (Lipinski definition) is 0. The maximum absolute atomic E-state index is 13.5. The summed E-state index contributed by atoms with van der Waals surface area (Å²) in [6, 6.07) is 3.80. The minimum Gasteiger partial charge on any atom is -0.294 e. The number of carbonyl (C=O) groups excluding carboxylic acids is 1. The normalized spacial score (nSPS) is 17.4. The molecule has 1 aromatic carbocycles. The number of ketones is 1. The molecule has 1 aliphatic carbocycles. The molecule has 0 aromatic heterocycles. The van der Waals surface area contributed by atoms with Crippen LogP contribution >= 0.6 is 0 Å². The second kappa shape index (κ2) is 6.07. The van der Waals surface area contributed by atoms with Crippen molar-refractivity contribution in [1.82, 2.24) is 0 Å². The zero-order valence-corrected chi connectivity index (χ0v) is 10.4. The Kier molecular flexibility index (Phi) is 4.45. The van der Waals surface area contributed by atoms with Gasteiger partial charge in [-0.25, -0.2) is 8.78 Å². The molecule has 0 aliphatic heterocycles. The number of halogens is 2. The molecule has 1 nitrogen and oxygen atoms in total. The summed E-state index contributed by atoms with van der Waals surface area (Å²) < 4.78 is 26.5. The van der Waals surface area contributed by atoms with Gasteiger partial charge in [-0.15, -0.1) is 0 Å². The number of hydrogen-bond acceptors (Lipinski definition) is 1. The molecule has 3 heteroatoms. The summed E-state index contributed by atoms with van der Waals surface area (Å²) in [7, 11) is 0. The maximum Gasteiger partial charge on any atom is 0.169 e. The van der Waals surface area contributed by atoms with Gasteiger partial charge in [-0.1, -0.05) is 44.6 Å². The van der Waals surface area contributed by atoms with Gasteiger partial charge in [0.05, 0.1) is 5.56 Å². The highest BCUT2D eigenvalue weighted by Gasteiger charge is 2.20. The lowest BCUT2D eigenvalue weighted by Gasteiger charge is -2.13. The van der Waals surface area contributed by atoms with Gasteiger partial charge in [-0.3, -0.25) is 4.79 Å². The Balaban J connectivity index is 2.04. The van der Waals surface area contributed by atoms with E-state index in [9.17, 15) is 13.6 Å². The molecule has 1 aliphatic rings. The fourth-order valence-electron chi connectivity index (χ4n) is 2.66. The van der Waals surface area contributed by atoms with Crippen LogP contribution in [0, 0.1) is 17.6 Å². The van der Waals surface area contributed by atoms with Gasteiger partial charge in [0, 0.05) is 6.42 Å². The molecule has 98 valence electrons. The zero-order chi connectivity index (χ0) is 13.0. The Bertz CT molecular complexity index is 421. The monoisotopic (exact) mass is 252 g/mol. The van der Waals surface area contributed by atoms with E-state index >= 15 is 0 Å². The predicted molar refractivity (Wildman–Crippen MR) is 66.5 cm³/mol. The first kappa shape index (κ1) is 13.2. The van der Waals surface area contributed by atoms with E-state index in [1.165, 1.54) is 25.0 Å². The van der Waals surface area contributed by atoms with Gasteiger partial charge < -0.3 is 0 Å². The second-order valence-corrected chi connectivity index (χ2v) is 5.09. The summed E-state index contributed by atoms with van der Waals surface area (Å²) in [5.41, 5.74) is -0.0979. The van der Waals surface area contributed by atoms with Crippen LogP contribution < -0.4 is 0 Å². The van der Waals surface area contributed by atoms with Crippen molar-refractivity contribution >= 4 is 5.78 Å². The minimum atomic E-state index is -1.00. The molecule has 18 heavy (non-hydrogen) atoms. The summed E-state index contributed by atoms with van der Waals surface area (Å²) in [5, 5.41) is 0. The van der Waals surface area contributed by atoms with Gasteiger partial charge in [0.25, 0.3) is 0 Å². The highest BCUT2D eigenvalue weighted by Crippen LogP contribution is 2.27. The van der Waals surface area contributed by atoms with Crippen LogP contribution in [-0.2, 0) is 0 Å². The molecule has 1 fully saturated rings. The molecular weight excluding hydrogens is 234 g/mol. The van der Waals surface area contributed by atoms with E-state index in [1.807, 2.05) is 0 Å². The van der Waals surface area contributed by atoms with Crippen LogP contribution in [0.3, 0.4) is 0 Å². The standard InChI is InChI=1S/C15H18F2O/c16-13-9-5-8-12(15(13)17)14(18)10-11-6-3-1-2-4-7-11/h5,8-9,11H,1-4,6-7,10H2. The van der Waals surface area contributed by atoms with E-state index in [2.05, 4.69) is 0 Å². The highest BCUT2D eigenvalue weighted by atomic mass is 19.2. The van der Waals surface area contributed by atoms with Crippen LogP contribution in [0.15, 0.2) is 18.2 Å². The van der Waals surface area contributed by atoms with Crippen molar-refractivity contribution in [2.45, 2.75) is 44.9 Å². The van der Waals surface area contributed by atoms with Crippen LogP contribution in [-0.4, -0.2) is 5.78 Å². The number of Topliss-reactive ketones (excluding diaryl/α,β-unsaturated/α-hetero) is 1. The molecule has 0 heterocycles. The van der Waals surface area contributed by atoms with Crippen LogP contribution in [0.25, 0.3) is 0 Å². The quantitative estimate of drug-likeness (QED) is 0.571. The molecule has 0 saturated heterocycles. The average molecular weight is 252 g/mol. The third-order valence-electron chi connectivity index (χ3n) is 3.70. The van der Waals surface area contributed by atoms with Crippen molar-refractivity contribution in [3.05, 3.63) is 35.4 Å². The van der Waals surface area contributed by atoms with Gasteiger partial charge in [-0.05, 0) is 18.1 Å². The van der Waals surface area contributed by atoms with Gasteiger partial charge in [0.15, 0.2) is 17.4 Å². The molecule has 0 N–H and O–H groups in total. The highest BCUT2D eigenvalue weighted by molar-refractivity contribution is 5.96. The summed E-state index contributed by atoms with van der Waals surface area (Å²) in [6.07, 6.45) is 7.14. The second-order valence-electron chi connectivity index (χ2n) is 5.09. The number of rotatable bonds is 3. The lowest BCUT2D eigenvalue weighted by molar-refractivity contribution is 0.0952. The third kappa shape index (κ3) is 3.15. The maximum atomic E-state index is 13.5. The summed E-state index contributed by atoms with van der Waals surface area (Å²) >= 11 is 0. The van der Waals surface area contributed by atoms with Gasteiger partial charge in [0.2, 0.25) is 0 Å². The van der Waals surface area contributed by atoms with Crippen molar-refractivity contribution in [3.8, 4) is 0 Å². The molecule has 1 aromatic rings. The van der Waals surface area contributed by atoms with Crippen molar-refractivity contribution < 1.29 is 13.6 Å². The zero-order valence-electron chi connectivity index (χ0n) is 10.4. The Morgan fingerprint density at radius 2 is 1.78 bits per heavy atom. The summed E-state index contributed by atoms with van der Waals surface area (Å²) in [6.45, 7) is 0. The SMILES string of the molecule is O=C(CC1CCCCCC1)c1cccc(F)c1F. The Labute approximate surface area is 106 Å². The first-order chi connectivity index (χ1) is 8.68. The van der Waals surface area contributed by atoms with E-state index in [0.29, 0.717) is 12.3 Å². The van der Waals surface area contributed by atoms with E-state index < -0.39 is 11.6 Å². The Morgan fingerprint density at radius 1 is 1.11 bits per heavy atom. The average Bonchev–Trinajstić information content (AvgIpc) is 2.61. The first-order valence-electron chi connectivity index (χ1n) is 6.65. The lowest BCUT2D eigenvalue weighted by atomic mass is 9.92. The Morgan fingerprint density at radius 3 is 2.44 bits per heavy atom. The summed E-state index contributed by atoms with van der Waals surface area (Å²) in [5.74, 6) is -1.88. The topological polar surface area (TPSA) is 17.1 Å². The van der Waals surface area contributed by atoms with Crippen molar-refractivity contribution in [3.63, 3.8) is 0 Å². The van der Waals surface area contributed by atoms with Crippen LogP contribution in [0.2, 0.25) is 0 Å². The third-order valence-corrected chi connectivity index (χ3v) is 3.70.